The monoisotopic (exact) mass is 349 g/mol. The molecule has 2 heterocycles. The largest absolute Gasteiger partial charge is 0.444 e. The molecule has 0 saturated carbocycles. The van der Waals surface area contributed by atoms with E-state index >= 15 is 0 Å². The van der Waals surface area contributed by atoms with E-state index in [9.17, 15) is 4.79 Å². The highest BCUT2D eigenvalue weighted by atomic mass is 79.9. The van der Waals surface area contributed by atoms with Crippen LogP contribution in [0.3, 0.4) is 0 Å². The van der Waals surface area contributed by atoms with Gasteiger partial charge in [-0.05, 0) is 39.2 Å². The molecule has 0 spiro atoms. The molecular formula is C16H16BrNO3. The molecule has 1 aliphatic heterocycles. The SMILES string of the molecule is CN(CC1Cc2ccccc2CO1)C(=O)c1ccc(Br)o1. The van der Waals surface area contributed by atoms with E-state index in [1.807, 2.05) is 12.1 Å². The van der Waals surface area contributed by atoms with E-state index in [-0.39, 0.29) is 12.0 Å². The van der Waals surface area contributed by atoms with Crippen LogP contribution in [0.4, 0.5) is 0 Å². The molecule has 1 amide bonds. The Morgan fingerprint density at radius 3 is 2.76 bits per heavy atom. The number of halogens is 1. The van der Waals surface area contributed by atoms with Crippen molar-refractivity contribution in [1.82, 2.24) is 4.90 Å². The topological polar surface area (TPSA) is 42.7 Å². The molecule has 1 atom stereocenters. The van der Waals surface area contributed by atoms with Gasteiger partial charge in [-0.2, -0.15) is 0 Å². The van der Waals surface area contributed by atoms with Gasteiger partial charge in [0.15, 0.2) is 10.4 Å². The van der Waals surface area contributed by atoms with Gasteiger partial charge in [-0.15, -0.1) is 0 Å². The molecule has 0 N–H and O–H groups in total. The summed E-state index contributed by atoms with van der Waals surface area (Å²) in [6, 6.07) is 11.6. The van der Waals surface area contributed by atoms with Crippen molar-refractivity contribution in [3.8, 4) is 0 Å². The summed E-state index contributed by atoms with van der Waals surface area (Å²) in [4.78, 5) is 13.9. The van der Waals surface area contributed by atoms with E-state index in [4.69, 9.17) is 9.15 Å². The minimum absolute atomic E-state index is 0.0206. The molecule has 1 aliphatic rings. The summed E-state index contributed by atoms with van der Waals surface area (Å²) < 4.78 is 11.7. The standard InChI is InChI=1S/C16H16BrNO3/c1-18(16(19)14-6-7-15(17)21-14)9-13-8-11-4-2-3-5-12(11)10-20-13/h2-7,13H,8-10H2,1H3. The van der Waals surface area contributed by atoms with Crippen LogP contribution in [0.25, 0.3) is 0 Å². The van der Waals surface area contributed by atoms with E-state index in [0.29, 0.717) is 23.6 Å². The van der Waals surface area contributed by atoms with Gasteiger partial charge >= 0.3 is 0 Å². The Labute approximate surface area is 131 Å². The minimum atomic E-state index is -0.136. The number of amides is 1. The number of benzene rings is 1. The second-order valence-corrected chi connectivity index (χ2v) is 5.98. The zero-order valence-electron chi connectivity index (χ0n) is 11.7. The molecule has 1 aromatic carbocycles. The quantitative estimate of drug-likeness (QED) is 0.854. The van der Waals surface area contributed by atoms with Gasteiger partial charge in [0.25, 0.3) is 5.91 Å². The van der Waals surface area contributed by atoms with Crippen molar-refractivity contribution in [2.24, 2.45) is 0 Å². The predicted molar refractivity (Wildman–Crippen MR) is 82.1 cm³/mol. The number of carbonyl (C=O) groups excluding carboxylic acids is 1. The molecule has 0 saturated heterocycles. The number of hydrogen-bond donors (Lipinski definition) is 0. The number of rotatable bonds is 3. The predicted octanol–water partition coefficient (Wildman–Crippen LogP) is 3.26. The van der Waals surface area contributed by atoms with Gasteiger partial charge in [0.2, 0.25) is 0 Å². The van der Waals surface area contributed by atoms with Crippen LogP contribution in [0.2, 0.25) is 0 Å². The fourth-order valence-corrected chi connectivity index (χ4v) is 2.84. The third-order valence-electron chi connectivity index (χ3n) is 3.65. The van der Waals surface area contributed by atoms with Crippen LogP contribution in [0, 0.1) is 0 Å². The lowest BCUT2D eigenvalue weighted by atomic mass is 9.99. The minimum Gasteiger partial charge on any atom is -0.444 e. The second-order valence-electron chi connectivity index (χ2n) is 5.20. The molecule has 0 fully saturated rings. The molecule has 0 radical (unpaired) electrons. The van der Waals surface area contributed by atoms with Crippen LogP contribution < -0.4 is 0 Å². The van der Waals surface area contributed by atoms with Crippen molar-refractivity contribution in [2.75, 3.05) is 13.6 Å². The molecule has 3 rings (SSSR count). The summed E-state index contributed by atoms with van der Waals surface area (Å²) in [6.07, 6.45) is 0.850. The molecule has 4 nitrogen and oxygen atoms in total. The summed E-state index contributed by atoms with van der Waals surface area (Å²) in [5.41, 5.74) is 2.54. The first-order valence-corrected chi connectivity index (χ1v) is 7.62. The average molecular weight is 350 g/mol. The van der Waals surface area contributed by atoms with E-state index in [2.05, 4.69) is 28.1 Å². The van der Waals surface area contributed by atoms with Crippen molar-refractivity contribution >= 4 is 21.8 Å². The van der Waals surface area contributed by atoms with Crippen molar-refractivity contribution < 1.29 is 13.9 Å². The average Bonchev–Trinajstić information content (AvgIpc) is 2.93. The van der Waals surface area contributed by atoms with Gasteiger partial charge in [-0.1, -0.05) is 24.3 Å². The number of likely N-dealkylation sites (N-methyl/N-ethyl adjacent to an activating group) is 1. The zero-order valence-corrected chi connectivity index (χ0v) is 13.3. The van der Waals surface area contributed by atoms with Crippen molar-refractivity contribution in [1.29, 1.82) is 0 Å². The van der Waals surface area contributed by atoms with E-state index in [0.717, 1.165) is 6.42 Å². The summed E-state index contributed by atoms with van der Waals surface area (Å²) in [7, 11) is 1.77. The smallest absolute Gasteiger partial charge is 0.289 e. The first kappa shape index (κ1) is 14.4. The first-order chi connectivity index (χ1) is 10.1. The lowest BCUT2D eigenvalue weighted by Gasteiger charge is -2.28. The van der Waals surface area contributed by atoms with Crippen molar-refractivity contribution in [3.63, 3.8) is 0 Å². The fourth-order valence-electron chi connectivity index (χ4n) is 2.53. The van der Waals surface area contributed by atoms with Gasteiger partial charge < -0.3 is 14.1 Å². The Morgan fingerprint density at radius 1 is 1.29 bits per heavy atom. The molecule has 110 valence electrons. The Morgan fingerprint density at radius 2 is 2.05 bits per heavy atom. The maximum atomic E-state index is 12.2. The van der Waals surface area contributed by atoms with Crippen LogP contribution in [0.15, 0.2) is 45.5 Å². The lowest BCUT2D eigenvalue weighted by Crippen LogP contribution is -2.38. The summed E-state index contributed by atoms with van der Waals surface area (Å²) in [5.74, 6) is 0.198. The fraction of sp³-hybridized carbons (Fsp3) is 0.312. The van der Waals surface area contributed by atoms with Crippen LogP contribution in [-0.4, -0.2) is 30.5 Å². The van der Waals surface area contributed by atoms with Crippen molar-refractivity contribution in [3.05, 3.63) is 58.0 Å². The molecule has 21 heavy (non-hydrogen) atoms. The highest BCUT2D eigenvalue weighted by Gasteiger charge is 2.23. The number of ether oxygens (including phenoxy) is 1. The highest BCUT2D eigenvalue weighted by Crippen LogP contribution is 2.21. The molecule has 5 heteroatoms. The van der Waals surface area contributed by atoms with Gasteiger partial charge in [0, 0.05) is 20.0 Å². The van der Waals surface area contributed by atoms with E-state index in [1.54, 1.807) is 24.1 Å². The summed E-state index contributed by atoms with van der Waals surface area (Å²) in [5, 5.41) is 0. The van der Waals surface area contributed by atoms with E-state index in [1.165, 1.54) is 11.1 Å². The van der Waals surface area contributed by atoms with Gasteiger partial charge in [-0.3, -0.25) is 4.79 Å². The highest BCUT2D eigenvalue weighted by molar-refractivity contribution is 9.10. The van der Waals surface area contributed by atoms with Gasteiger partial charge in [-0.25, -0.2) is 0 Å². The number of hydrogen-bond acceptors (Lipinski definition) is 3. The second kappa shape index (κ2) is 6.03. The number of fused-ring (bicyclic) bond motifs is 1. The summed E-state index contributed by atoms with van der Waals surface area (Å²) in [6.45, 7) is 1.15. The molecule has 1 unspecified atom stereocenters. The first-order valence-electron chi connectivity index (χ1n) is 6.82. The number of nitrogens with zero attached hydrogens (tertiary/aromatic N) is 1. The normalized spacial score (nSPS) is 17.3. The Bertz CT molecular complexity index is 652. The molecule has 0 aliphatic carbocycles. The van der Waals surface area contributed by atoms with Crippen LogP contribution >= 0.6 is 15.9 Å². The maximum absolute atomic E-state index is 12.2. The zero-order chi connectivity index (χ0) is 14.8. The number of furan rings is 1. The molecule has 1 aromatic heterocycles. The van der Waals surface area contributed by atoms with Crippen LogP contribution in [-0.2, 0) is 17.8 Å². The maximum Gasteiger partial charge on any atom is 0.289 e. The lowest BCUT2D eigenvalue weighted by molar-refractivity contribution is 0.00917. The third kappa shape index (κ3) is 3.19. The third-order valence-corrected chi connectivity index (χ3v) is 4.07. The number of carbonyl (C=O) groups is 1. The summed E-state index contributed by atoms with van der Waals surface area (Å²) >= 11 is 3.20. The van der Waals surface area contributed by atoms with Crippen molar-refractivity contribution in [2.45, 2.75) is 19.1 Å². The van der Waals surface area contributed by atoms with Gasteiger partial charge in [0.1, 0.15) is 0 Å². The molecule has 2 aromatic rings. The Hall–Kier alpha value is -1.59. The Balaban J connectivity index is 1.63. The van der Waals surface area contributed by atoms with Crippen LogP contribution in [0.1, 0.15) is 21.7 Å². The van der Waals surface area contributed by atoms with Gasteiger partial charge in [0.05, 0.1) is 12.7 Å². The molecule has 0 bridgehead atoms. The van der Waals surface area contributed by atoms with E-state index < -0.39 is 0 Å². The van der Waals surface area contributed by atoms with Crippen LogP contribution in [0.5, 0.6) is 0 Å². The Kier molecular flexibility index (Phi) is 4.12. The molecular weight excluding hydrogens is 334 g/mol.